The van der Waals surface area contributed by atoms with Gasteiger partial charge < -0.3 is 4.90 Å². The summed E-state index contributed by atoms with van der Waals surface area (Å²) in [5.41, 5.74) is 1.51. The molecule has 0 radical (unpaired) electrons. The van der Waals surface area contributed by atoms with E-state index in [4.69, 9.17) is 11.6 Å². The molecule has 0 N–H and O–H groups in total. The summed E-state index contributed by atoms with van der Waals surface area (Å²) in [7, 11) is 0. The molecule has 0 saturated carbocycles. The first-order chi connectivity index (χ1) is 8.76. The van der Waals surface area contributed by atoms with E-state index in [0.717, 1.165) is 17.4 Å². The van der Waals surface area contributed by atoms with Crippen molar-refractivity contribution in [2.75, 3.05) is 17.3 Å². The van der Waals surface area contributed by atoms with Crippen LogP contribution in [-0.4, -0.2) is 23.2 Å². The number of ketones is 1. The number of halogens is 1. The molecule has 18 heavy (non-hydrogen) atoms. The number of carbonyl (C=O) groups excluding carboxylic acids is 1. The highest BCUT2D eigenvalue weighted by Crippen LogP contribution is 2.28. The molecule has 0 saturated heterocycles. The lowest BCUT2D eigenvalue weighted by Crippen LogP contribution is -2.16. The van der Waals surface area contributed by atoms with Crippen molar-refractivity contribution >= 4 is 39.5 Å². The molecule has 0 unspecified atom stereocenters. The highest BCUT2D eigenvalue weighted by atomic mass is 35.5. The summed E-state index contributed by atoms with van der Waals surface area (Å²) >= 11 is 6.98. The molecule has 1 heterocycles. The van der Waals surface area contributed by atoms with Gasteiger partial charge in [0, 0.05) is 17.6 Å². The third kappa shape index (κ3) is 2.71. The standard InChI is InChI=1S/C13H13ClN2OS/c1-2-16(10-6-4-3-5-7-10)13-15-11(9-18-13)12(17)8-14/h3-7,9H,2,8H2,1H3. The first-order valence-electron chi connectivity index (χ1n) is 5.63. The van der Waals surface area contributed by atoms with Crippen molar-refractivity contribution in [3.63, 3.8) is 0 Å². The summed E-state index contributed by atoms with van der Waals surface area (Å²) in [4.78, 5) is 17.9. The van der Waals surface area contributed by atoms with Crippen molar-refractivity contribution in [1.82, 2.24) is 4.98 Å². The fourth-order valence-electron chi connectivity index (χ4n) is 1.62. The SMILES string of the molecule is CCN(c1ccccc1)c1nc(C(=O)CCl)cs1. The van der Waals surface area contributed by atoms with Crippen LogP contribution >= 0.6 is 22.9 Å². The Bertz CT molecular complexity index is 527. The van der Waals surface area contributed by atoms with Gasteiger partial charge in [-0.3, -0.25) is 4.79 Å². The highest BCUT2D eigenvalue weighted by Gasteiger charge is 2.14. The van der Waals surface area contributed by atoms with Crippen LogP contribution in [0.25, 0.3) is 0 Å². The molecular formula is C13H13ClN2OS. The van der Waals surface area contributed by atoms with Crippen molar-refractivity contribution < 1.29 is 4.79 Å². The Kier molecular flexibility index (Phi) is 4.33. The minimum atomic E-state index is -0.136. The number of para-hydroxylation sites is 1. The maximum Gasteiger partial charge on any atom is 0.196 e. The number of hydrogen-bond donors (Lipinski definition) is 0. The van der Waals surface area contributed by atoms with Crippen LogP contribution in [0.15, 0.2) is 35.7 Å². The molecule has 2 rings (SSSR count). The van der Waals surface area contributed by atoms with Gasteiger partial charge in [-0.25, -0.2) is 4.98 Å². The number of benzene rings is 1. The lowest BCUT2D eigenvalue weighted by Gasteiger charge is -2.19. The maximum atomic E-state index is 11.5. The molecule has 0 bridgehead atoms. The molecule has 0 atom stereocenters. The van der Waals surface area contributed by atoms with Crippen LogP contribution < -0.4 is 4.90 Å². The van der Waals surface area contributed by atoms with Crippen LogP contribution in [0.1, 0.15) is 17.4 Å². The van der Waals surface area contributed by atoms with Crippen LogP contribution in [0.4, 0.5) is 10.8 Å². The fraction of sp³-hybridized carbons (Fsp3) is 0.231. The van der Waals surface area contributed by atoms with Gasteiger partial charge in [0.15, 0.2) is 10.9 Å². The van der Waals surface area contributed by atoms with Gasteiger partial charge >= 0.3 is 0 Å². The summed E-state index contributed by atoms with van der Waals surface area (Å²) in [6.07, 6.45) is 0. The van der Waals surface area contributed by atoms with E-state index in [1.165, 1.54) is 11.3 Å². The molecule has 1 aromatic carbocycles. The van der Waals surface area contributed by atoms with E-state index in [1.807, 2.05) is 30.3 Å². The average Bonchev–Trinajstić information content (AvgIpc) is 2.89. The molecule has 0 spiro atoms. The fourth-order valence-corrected chi connectivity index (χ4v) is 2.67. The smallest absolute Gasteiger partial charge is 0.196 e. The molecule has 0 fully saturated rings. The summed E-state index contributed by atoms with van der Waals surface area (Å²) < 4.78 is 0. The van der Waals surface area contributed by atoms with Crippen molar-refractivity contribution in [2.45, 2.75) is 6.92 Å². The summed E-state index contributed by atoms with van der Waals surface area (Å²) in [6.45, 7) is 2.85. The highest BCUT2D eigenvalue weighted by molar-refractivity contribution is 7.14. The third-order valence-corrected chi connectivity index (χ3v) is 3.62. The minimum absolute atomic E-state index is 0.0271. The second-order valence-corrected chi connectivity index (χ2v) is 4.76. The van der Waals surface area contributed by atoms with Gasteiger partial charge in [-0.1, -0.05) is 18.2 Å². The Morgan fingerprint density at radius 1 is 1.39 bits per heavy atom. The summed E-state index contributed by atoms with van der Waals surface area (Å²) in [5, 5.41) is 2.57. The van der Waals surface area contributed by atoms with Gasteiger partial charge in [-0.15, -0.1) is 22.9 Å². The number of carbonyl (C=O) groups is 1. The van der Waals surface area contributed by atoms with Crippen LogP contribution in [0.2, 0.25) is 0 Å². The molecule has 2 aromatic rings. The van der Waals surface area contributed by atoms with E-state index in [1.54, 1.807) is 5.38 Å². The second-order valence-electron chi connectivity index (χ2n) is 3.65. The largest absolute Gasteiger partial charge is 0.318 e. The molecule has 94 valence electrons. The number of rotatable bonds is 5. The van der Waals surface area contributed by atoms with Gasteiger partial charge in [0.1, 0.15) is 5.69 Å². The number of hydrogen-bond acceptors (Lipinski definition) is 4. The number of nitrogens with zero attached hydrogens (tertiary/aromatic N) is 2. The van der Waals surface area contributed by atoms with E-state index in [-0.39, 0.29) is 11.7 Å². The van der Waals surface area contributed by atoms with Gasteiger partial charge in [0.2, 0.25) is 0 Å². The molecule has 0 aliphatic carbocycles. The molecule has 0 amide bonds. The van der Waals surface area contributed by atoms with E-state index >= 15 is 0 Å². The Morgan fingerprint density at radius 2 is 2.11 bits per heavy atom. The zero-order chi connectivity index (χ0) is 13.0. The normalized spacial score (nSPS) is 10.3. The Hall–Kier alpha value is -1.39. The van der Waals surface area contributed by atoms with Crippen LogP contribution in [0.3, 0.4) is 0 Å². The quantitative estimate of drug-likeness (QED) is 0.618. The number of Topliss-reactive ketones (excluding diaryl/α,β-unsaturated/α-hetero) is 1. The Balaban J connectivity index is 2.29. The van der Waals surface area contributed by atoms with Crippen molar-refractivity contribution in [3.05, 3.63) is 41.4 Å². The van der Waals surface area contributed by atoms with E-state index < -0.39 is 0 Å². The average molecular weight is 281 g/mol. The van der Waals surface area contributed by atoms with Crippen molar-refractivity contribution in [2.24, 2.45) is 0 Å². The molecule has 0 aliphatic heterocycles. The third-order valence-electron chi connectivity index (χ3n) is 2.51. The zero-order valence-corrected chi connectivity index (χ0v) is 11.5. The number of anilines is 2. The summed E-state index contributed by atoms with van der Waals surface area (Å²) in [6, 6.07) is 9.98. The van der Waals surface area contributed by atoms with Gasteiger partial charge in [0.25, 0.3) is 0 Å². The predicted octanol–water partition coefficient (Wildman–Crippen LogP) is 3.72. The topological polar surface area (TPSA) is 33.2 Å². The first kappa shape index (κ1) is 13.1. The molecular weight excluding hydrogens is 268 g/mol. The molecule has 5 heteroatoms. The number of alkyl halides is 1. The van der Waals surface area contributed by atoms with Crippen molar-refractivity contribution in [3.8, 4) is 0 Å². The van der Waals surface area contributed by atoms with Gasteiger partial charge in [-0.2, -0.15) is 0 Å². The number of thiazole rings is 1. The zero-order valence-electron chi connectivity index (χ0n) is 9.97. The van der Waals surface area contributed by atoms with Gasteiger partial charge in [0.05, 0.1) is 5.88 Å². The van der Waals surface area contributed by atoms with Crippen LogP contribution in [0, 0.1) is 0 Å². The monoisotopic (exact) mass is 280 g/mol. The van der Waals surface area contributed by atoms with Crippen LogP contribution in [-0.2, 0) is 0 Å². The molecule has 0 aliphatic rings. The second kappa shape index (κ2) is 5.98. The maximum absolute atomic E-state index is 11.5. The number of aromatic nitrogens is 1. The lowest BCUT2D eigenvalue weighted by atomic mass is 10.3. The minimum Gasteiger partial charge on any atom is -0.318 e. The van der Waals surface area contributed by atoms with E-state index in [2.05, 4.69) is 16.8 Å². The van der Waals surface area contributed by atoms with Gasteiger partial charge in [-0.05, 0) is 19.1 Å². The summed E-state index contributed by atoms with van der Waals surface area (Å²) in [5.74, 6) is -0.163. The van der Waals surface area contributed by atoms with E-state index in [9.17, 15) is 4.79 Å². The van der Waals surface area contributed by atoms with Crippen LogP contribution in [0.5, 0.6) is 0 Å². The Labute approximate surface area is 115 Å². The molecule has 1 aromatic heterocycles. The van der Waals surface area contributed by atoms with E-state index in [0.29, 0.717) is 5.69 Å². The predicted molar refractivity (Wildman–Crippen MR) is 76.3 cm³/mol. The lowest BCUT2D eigenvalue weighted by molar-refractivity contribution is 0.101. The first-order valence-corrected chi connectivity index (χ1v) is 7.05. The Morgan fingerprint density at radius 3 is 2.72 bits per heavy atom. The molecule has 3 nitrogen and oxygen atoms in total. The van der Waals surface area contributed by atoms with Crippen molar-refractivity contribution in [1.29, 1.82) is 0 Å².